The molecule has 0 spiro atoms. The average molecular weight is 557 g/mol. The van der Waals surface area contributed by atoms with Crippen LogP contribution < -0.4 is 25.3 Å². The monoisotopic (exact) mass is 556 g/mol. The highest BCUT2D eigenvalue weighted by Crippen LogP contribution is 2.47. The Bertz CT molecular complexity index is 1360. The second-order valence-corrected chi connectivity index (χ2v) is 10.2. The van der Waals surface area contributed by atoms with Crippen molar-refractivity contribution >= 4 is 23.7 Å². The van der Waals surface area contributed by atoms with E-state index in [-0.39, 0.29) is 18.9 Å². The molecule has 0 fully saturated rings. The molecule has 0 aliphatic carbocycles. The van der Waals surface area contributed by atoms with E-state index >= 15 is 0 Å². The minimum absolute atomic E-state index is 0.0776. The molecule has 0 bridgehead atoms. The maximum atomic E-state index is 12.2. The summed E-state index contributed by atoms with van der Waals surface area (Å²) < 4.78 is 18.5. The Morgan fingerprint density at radius 3 is 2.44 bits per heavy atom. The first-order valence-corrected chi connectivity index (χ1v) is 13.0. The molecule has 1 aliphatic rings. The molecule has 0 radical (unpaired) electrons. The second-order valence-electron chi connectivity index (χ2n) is 9.23. The van der Waals surface area contributed by atoms with E-state index in [1.165, 1.54) is 18.9 Å². The van der Waals surface area contributed by atoms with Gasteiger partial charge in [0.05, 0.1) is 38.2 Å². The number of ether oxygens (including phenoxy) is 3. The number of benzene rings is 2. The first kappa shape index (κ1) is 28.3. The van der Waals surface area contributed by atoms with Gasteiger partial charge in [-0.2, -0.15) is 0 Å². The smallest absolute Gasteiger partial charge is 0.321 e. The van der Waals surface area contributed by atoms with Gasteiger partial charge in [0.15, 0.2) is 0 Å². The fourth-order valence-electron chi connectivity index (χ4n) is 4.75. The second kappa shape index (κ2) is 12.0. The molecule has 0 unspecified atom stereocenters. The first-order chi connectivity index (χ1) is 18.7. The lowest BCUT2D eigenvalue weighted by Crippen LogP contribution is -2.45. The first-order valence-electron chi connectivity index (χ1n) is 12.2. The molecular weight excluding hydrogens is 524 g/mol. The highest BCUT2D eigenvalue weighted by Gasteiger charge is 2.36. The number of aromatic nitrogens is 2. The van der Waals surface area contributed by atoms with Crippen LogP contribution in [-0.4, -0.2) is 65.1 Å². The van der Waals surface area contributed by atoms with Crippen LogP contribution in [0, 0.1) is 0 Å². The minimum Gasteiger partial charge on any atom is -0.497 e. The zero-order valence-corrected chi connectivity index (χ0v) is 22.9. The van der Waals surface area contributed by atoms with Crippen molar-refractivity contribution in [1.29, 1.82) is 0 Å². The highest BCUT2D eigenvalue weighted by atomic mass is 32.2. The Morgan fingerprint density at radius 1 is 1.15 bits per heavy atom. The predicted octanol–water partition coefficient (Wildman–Crippen LogP) is 2.43. The number of aliphatic carboxylic acids is 2. The van der Waals surface area contributed by atoms with Gasteiger partial charge in [0.25, 0.3) is 0 Å². The number of rotatable bonds is 11. The molecule has 3 atom stereocenters. The number of carboxylic acid groups (broad SMARTS) is 2. The van der Waals surface area contributed by atoms with Crippen molar-refractivity contribution in [2.45, 2.75) is 47.3 Å². The van der Waals surface area contributed by atoms with Crippen molar-refractivity contribution in [2.24, 2.45) is 12.8 Å². The number of nitrogens with two attached hydrogens (primary N) is 1. The molecular formula is C27H32N4O7S. The van der Waals surface area contributed by atoms with Gasteiger partial charge >= 0.3 is 11.9 Å². The quantitative estimate of drug-likeness (QED) is 0.275. The van der Waals surface area contributed by atoms with Gasteiger partial charge < -0.3 is 34.7 Å². The van der Waals surface area contributed by atoms with Gasteiger partial charge in [-0.25, -0.2) is 4.98 Å². The number of carboxylic acids is 2. The minimum atomic E-state index is -1.11. The molecule has 0 saturated carbocycles. The van der Waals surface area contributed by atoms with E-state index < -0.39 is 24.0 Å². The third kappa shape index (κ3) is 5.97. The van der Waals surface area contributed by atoms with Crippen LogP contribution in [0.15, 0.2) is 46.6 Å². The van der Waals surface area contributed by atoms with Crippen LogP contribution >= 0.6 is 11.8 Å². The van der Waals surface area contributed by atoms with Gasteiger partial charge in [-0.15, -0.1) is 0 Å². The van der Waals surface area contributed by atoms with E-state index in [9.17, 15) is 19.8 Å². The summed E-state index contributed by atoms with van der Waals surface area (Å²) in [6.45, 7) is 0. The van der Waals surface area contributed by atoms with E-state index in [0.29, 0.717) is 33.5 Å². The lowest BCUT2D eigenvalue weighted by atomic mass is 9.86. The van der Waals surface area contributed by atoms with Crippen LogP contribution in [0.25, 0.3) is 0 Å². The number of aryl methyl sites for hydroxylation is 1. The summed E-state index contributed by atoms with van der Waals surface area (Å²) in [7, 11) is 6.48. The zero-order chi connectivity index (χ0) is 28.3. The molecule has 208 valence electrons. The van der Waals surface area contributed by atoms with E-state index in [1.807, 2.05) is 24.3 Å². The van der Waals surface area contributed by atoms with Crippen molar-refractivity contribution in [2.75, 3.05) is 21.3 Å². The maximum Gasteiger partial charge on any atom is 0.321 e. The number of fused-ring (bicyclic) bond motifs is 1. The van der Waals surface area contributed by atoms with Crippen LogP contribution in [0.3, 0.4) is 0 Å². The van der Waals surface area contributed by atoms with Gasteiger partial charge in [-0.05, 0) is 29.7 Å². The Kier molecular flexibility index (Phi) is 8.68. The largest absolute Gasteiger partial charge is 0.497 e. The fourth-order valence-corrected chi connectivity index (χ4v) is 5.95. The standard InChI is InChI=1S/C27H32N4O7S/c1-31-13-29-25(20(31)11-17(28)26(32)33)39-24-16-10-19(27(34)35)30-18(9-14-5-7-15(36-2)8-6-14)23(16)21(37-3)12-22(24)38-4/h5-8,12-13,17-19,30H,9-11,28H2,1-4H3,(H,32,33)(H,34,35)/t17-,18+,19+/m0/s1. The third-order valence-corrected chi connectivity index (χ3v) is 7.98. The van der Waals surface area contributed by atoms with Crippen molar-refractivity contribution in [3.8, 4) is 17.2 Å². The van der Waals surface area contributed by atoms with Crippen molar-refractivity contribution in [3.05, 3.63) is 59.0 Å². The van der Waals surface area contributed by atoms with Crippen molar-refractivity contribution < 1.29 is 34.0 Å². The van der Waals surface area contributed by atoms with Gasteiger partial charge in [-0.1, -0.05) is 23.9 Å². The van der Waals surface area contributed by atoms with E-state index in [0.717, 1.165) is 22.4 Å². The van der Waals surface area contributed by atoms with E-state index in [2.05, 4.69) is 10.3 Å². The normalized spacial score (nSPS) is 17.3. The van der Waals surface area contributed by atoms with Crippen LogP contribution in [0.2, 0.25) is 0 Å². The Balaban J connectivity index is 1.82. The van der Waals surface area contributed by atoms with E-state index in [4.69, 9.17) is 19.9 Å². The van der Waals surface area contributed by atoms with Gasteiger partial charge in [0, 0.05) is 37.6 Å². The van der Waals surface area contributed by atoms with Crippen molar-refractivity contribution in [3.63, 3.8) is 0 Å². The fraction of sp³-hybridized carbons (Fsp3) is 0.370. The lowest BCUT2D eigenvalue weighted by Gasteiger charge is -2.34. The number of nitrogens with zero attached hydrogens (tertiary/aromatic N) is 2. The van der Waals surface area contributed by atoms with Crippen molar-refractivity contribution in [1.82, 2.24) is 14.9 Å². The summed E-state index contributed by atoms with van der Waals surface area (Å²) in [5, 5.41) is 23.2. The van der Waals surface area contributed by atoms with E-state index in [1.54, 1.807) is 38.2 Å². The molecule has 4 rings (SSSR count). The molecule has 0 amide bonds. The summed E-state index contributed by atoms with van der Waals surface area (Å²) in [4.78, 5) is 28.9. The molecule has 2 aromatic carbocycles. The summed E-state index contributed by atoms with van der Waals surface area (Å²) in [6, 6.07) is 7.10. The Morgan fingerprint density at radius 2 is 1.85 bits per heavy atom. The number of methoxy groups -OCH3 is 3. The number of hydrogen-bond donors (Lipinski definition) is 4. The van der Waals surface area contributed by atoms with Gasteiger partial charge in [-0.3, -0.25) is 14.9 Å². The summed E-state index contributed by atoms with van der Waals surface area (Å²) in [5.74, 6) is -0.263. The summed E-state index contributed by atoms with van der Waals surface area (Å²) in [5.41, 5.74) is 9.10. The molecule has 39 heavy (non-hydrogen) atoms. The van der Waals surface area contributed by atoms with Gasteiger partial charge in [0.2, 0.25) is 0 Å². The zero-order valence-electron chi connectivity index (χ0n) is 22.1. The lowest BCUT2D eigenvalue weighted by molar-refractivity contribution is -0.140. The number of carbonyl (C=O) groups is 2. The number of imidazole rings is 1. The molecule has 2 heterocycles. The topological polar surface area (TPSA) is 158 Å². The molecule has 12 heteroatoms. The Hall–Kier alpha value is -3.74. The Labute approximate surface area is 230 Å². The molecule has 5 N–H and O–H groups in total. The molecule has 11 nitrogen and oxygen atoms in total. The predicted molar refractivity (Wildman–Crippen MR) is 144 cm³/mol. The van der Waals surface area contributed by atoms with Crippen LogP contribution in [0.4, 0.5) is 0 Å². The molecule has 0 saturated heterocycles. The number of hydrogen-bond acceptors (Lipinski definition) is 9. The molecule has 3 aromatic rings. The van der Waals surface area contributed by atoms with Crippen LogP contribution in [0.5, 0.6) is 17.2 Å². The highest BCUT2D eigenvalue weighted by molar-refractivity contribution is 7.99. The summed E-state index contributed by atoms with van der Waals surface area (Å²) >= 11 is 1.30. The summed E-state index contributed by atoms with van der Waals surface area (Å²) in [6.07, 6.45) is 2.38. The van der Waals surface area contributed by atoms with Crippen LogP contribution in [0.1, 0.15) is 28.4 Å². The maximum absolute atomic E-state index is 12.2. The SMILES string of the molecule is COc1ccc(C[C@H]2N[C@@H](C(=O)O)Cc3c(Sc4ncn(C)c4C[C@H](N)C(=O)O)c(OC)cc(OC)c32)cc1. The third-order valence-electron chi connectivity index (χ3n) is 6.80. The van der Waals surface area contributed by atoms with Gasteiger partial charge in [0.1, 0.15) is 34.4 Å². The average Bonchev–Trinajstić information content (AvgIpc) is 3.27. The van der Waals surface area contributed by atoms with Crippen LogP contribution in [-0.2, 0) is 35.9 Å². The molecule has 1 aromatic heterocycles. The number of nitrogens with one attached hydrogen (secondary N) is 1. The molecule has 1 aliphatic heterocycles.